The molecule has 1 N–H and O–H groups in total. The van der Waals surface area contributed by atoms with E-state index in [1.165, 1.54) is 0 Å². The summed E-state index contributed by atoms with van der Waals surface area (Å²) in [5.74, 6) is 0.314. The predicted molar refractivity (Wildman–Crippen MR) is 63.3 cm³/mol. The first-order valence-corrected chi connectivity index (χ1v) is 5.86. The minimum Gasteiger partial charge on any atom is -0.507 e. The molecule has 0 unspecified atom stereocenters. The molecule has 0 radical (unpaired) electrons. The van der Waals surface area contributed by atoms with Crippen molar-refractivity contribution >= 4 is 37.9 Å². The Bertz CT molecular complexity index is 308. The van der Waals surface area contributed by atoms with Crippen LogP contribution in [0.2, 0.25) is 0 Å². The van der Waals surface area contributed by atoms with Crippen molar-refractivity contribution in [1.29, 1.82) is 0 Å². The lowest BCUT2D eigenvalue weighted by atomic mass is 10.2. The molecular weight excluding hydrogens is 296 g/mol. The van der Waals surface area contributed by atoms with Crippen LogP contribution in [-0.4, -0.2) is 10.4 Å². The zero-order valence-corrected chi connectivity index (χ0v) is 10.2. The number of phenols is 1. The van der Waals surface area contributed by atoms with E-state index in [0.29, 0.717) is 5.75 Å². The van der Waals surface area contributed by atoms with Crippen molar-refractivity contribution in [1.82, 2.24) is 0 Å². The van der Waals surface area contributed by atoms with Gasteiger partial charge >= 0.3 is 0 Å². The molecule has 0 fully saturated rings. The van der Waals surface area contributed by atoms with E-state index in [9.17, 15) is 5.11 Å². The Labute approximate surface area is 94.7 Å². The fourth-order valence-corrected chi connectivity index (χ4v) is 1.58. The maximum absolute atomic E-state index is 9.45. The highest BCUT2D eigenvalue weighted by Gasteiger charge is 1.96. The van der Waals surface area contributed by atoms with Crippen molar-refractivity contribution in [2.45, 2.75) is 6.42 Å². The number of halogens is 2. The third kappa shape index (κ3) is 3.53. The van der Waals surface area contributed by atoms with Crippen LogP contribution in [0.5, 0.6) is 5.75 Å². The third-order valence-electron chi connectivity index (χ3n) is 1.56. The molecular formula is C10H10Br2O. The Hall–Kier alpha value is -0.280. The summed E-state index contributed by atoms with van der Waals surface area (Å²) in [6.45, 7) is 0. The van der Waals surface area contributed by atoms with Gasteiger partial charge in [0.2, 0.25) is 0 Å². The summed E-state index contributed by atoms with van der Waals surface area (Å²) in [5, 5.41) is 10.4. The average molecular weight is 306 g/mol. The van der Waals surface area contributed by atoms with Gasteiger partial charge in [0.05, 0.1) is 0 Å². The highest BCUT2D eigenvalue weighted by Crippen LogP contribution is 2.23. The Balaban J connectivity index is 2.81. The largest absolute Gasteiger partial charge is 0.507 e. The number of aromatic hydroxyl groups is 1. The Morgan fingerprint density at radius 2 is 2.15 bits per heavy atom. The van der Waals surface area contributed by atoms with E-state index in [-0.39, 0.29) is 0 Å². The number of hydrogen-bond donors (Lipinski definition) is 1. The molecule has 0 spiro atoms. The predicted octanol–water partition coefficient (Wildman–Crippen LogP) is 3.95. The van der Waals surface area contributed by atoms with Gasteiger partial charge in [-0.05, 0) is 24.6 Å². The van der Waals surface area contributed by atoms with Crippen LogP contribution in [0.15, 0.2) is 28.7 Å². The number of allylic oxidation sites excluding steroid dienone is 1. The lowest BCUT2D eigenvalue weighted by molar-refractivity contribution is 0.474. The second-order valence-corrected chi connectivity index (χ2v) is 4.29. The lowest BCUT2D eigenvalue weighted by Crippen LogP contribution is -1.75. The zero-order chi connectivity index (χ0) is 9.68. The van der Waals surface area contributed by atoms with E-state index >= 15 is 0 Å². The van der Waals surface area contributed by atoms with Gasteiger partial charge in [0, 0.05) is 15.4 Å². The summed E-state index contributed by atoms with van der Waals surface area (Å²) in [6, 6.07) is 5.38. The van der Waals surface area contributed by atoms with Crippen LogP contribution in [0.1, 0.15) is 12.0 Å². The smallest absolute Gasteiger partial charge is 0.122 e. The molecule has 0 heterocycles. The maximum Gasteiger partial charge on any atom is 0.122 e. The van der Waals surface area contributed by atoms with Crippen LogP contribution in [0.4, 0.5) is 0 Å². The van der Waals surface area contributed by atoms with E-state index in [0.717, 1.165) is 21.8 Å². The van der Waals surface area contributed by atoms with Gasteiger partial charge in [-0.2, -0.15) is 0 Å². The minimum atomic E-state index is 0.314. The van der Waals surface area contributed by atoms with Crippen LogP contribution in [-0.2, 0) is 0 Å². The molecule has 13 heavy (non-hydrogen) atoms. The third-order valence-corrected chi connectivity index (χ3v) is 2.51. The SMILES string of the molecule is Oc1ccc(Br)cc1C=CCCBr. The molecule has 0 amide bonds. The van der Waals surface area contributed by atoms with Gasteiger partial charge in [0.15, 0.2) is 0 Å². The first-order chi connectivity index (χ1) is 6.24. The summed E-state index contributed by atoms with van der Waals surface area (Å²) in [7, 11) is 0. The molecule has 0 saturated carbocycles. The molecule has 1 rings (SSSR count). The van der Waals surface area contributed by atoms with E-state index in [4.69, 9.17) is 0 Å². The quantitative estimate of drug-likeness (QED) is 0.838. The van der Waals surface area contributed by atoms with Crippen molar-refractivity contribution in [3.05, 3.63) is 34.3 Å². The van der Waals surface area contributed by atoms with Crippen molar-refractivity contribution in [3.63, 3.8) is 0 Å². The molecule has 0 aromatic heterocycles. The molecule has 70 valence electrons. The van der Waals surface area contributed by atoms with Crippen LogP contribution in [0.25, 0.3) is 6.08 Å². The van der Waals surface area contributed by atoms with Gasteiger partial charge in [0.25, 0.3) is 0 Å². The van der Waals surface area contributed by atoms with Gasteiger partial charge in [-0.3, -0.25) is 0 Å². The average Bonchev–Trinajstić information content (AvgIpc) is 2.11. The van der Waals surface area contributed by atoms with Gasteiger partial charge in [-0.25, -0.2) is 0 Å². The summed E-state index contributed by atoms with van der Waals surface area (Å²) >= 11 is 6.68. The molecule has 1 aromatic rings. The van der Waals surface area contributed by atoms with Gasteiger partial charge in [0.1, 0.15) is 5.75 Å². The fourth-order valence-electron chi connectivity index (χ4n) is 0.932. The summed E-state index contributed by atoms with van der Waals surface area (Å²) < 4.78 is 0.976. The van der Waals surface area contributed by atoms with Crippen LogP contribution >= 0.6 is 31.9 Å². The van der Waals surface area contributed by atoms with Crippen molar-refractivity contribution < 1.29 is 5.11 Å². The molecule has 1 aromatic carbocycles. The van der Waals surface area contributed by atoms with Crippen molar-refractivity contribution in [2.75, 3.05) is 5.33 Å². The summed E-state index contributed by atoms with van der Waals surface area (Å²) in [5.41, 5.74) is 0.843. The molecule has 0 aliphatic rings. The summed E-state index contributed by atoms with van der Waals surface area (Å²) in [4.78, 5) is 0. The number of benzene rings is 1. The Kier molecular flexibility index (Phi) is 4.53. The van der Waals surface area contributed by atoms with Crippen LogP contribution in [0.3, 0.4) is 0 Å². The van der Waals surface area contributed by atoms with Crippen molar-refractivity contribution in [3.8, 4) is 5.75 Å². The highest BCUT2D eigenvalue weighted by atomic mass is 79.9. The molecule has 1 nitrogen and oxygen atoms in total. The van der Waals surface area contributed by atoms with Crippen molar-refractivity contribution in [2.24, 2.45) is 0 Å². The van der Waals surface area contributed by atoms with Gasteiger partial charge in [-0.1, -0.05) is 44.0 Å². The van der Waals surface area contributed by atoms with E-state index < -0.39 is 0 Å². The summed E-state index contributed by atoms with van der Waals surface area (Å²) in [6.07, 6.45) is 4.91. The van der Waals surface area contributed by atoms with E-state index in [2.05, 4.69) is 31.9 Å². The monoisotopic (exact) mass is 304 g/mol. The minimum absolute atomic E-state index is 0.314. The Morgan fingerprint density at radius 1 is 1.38 bits per heavy atom. The highest BCUT2D eigenvalue weighted by molar-refractivity contribution is 9.10. The molecule has 0 bridgehead atoms. The second-order valence-electron chi connectivity index (χ2n) is 2.58. The van der Waals surface area contributed by atoms with E-state index in [1.807, 2.05) is 24.3 Å². The standard InChI is InChI=1S/C10H10Br2O/c11-6-2-1-3-8-7-9(12)4-5-10(8)13/h1,3-5,7,13H,2,6H2. The molecule has 0 saturated heterocycles. The number of phenolic OH excluding ortho intramolecular Hbond substituents is 1. The second kappa shape index (κ2) is 5.45. The number of rotatable bonds is 3. The van der Waals surface area contributed by atoms with Gasteiger partial charge < -0.3 is 5.11 Å². The molecule has 3 heteroatoms. The Morgan fingerprint density at radius 3 is 2.85 bits per heavy atom. The first-order valence-electron chi connectivity index (χ1n) is 3.95. The normalized spacial score (nSPS) is 10.9. The fraction of sp³-hybridized carbons (Fsp3) is 0.200. The molecule has 0 aliphatic heterocycles. The topological polar surface area (TPSA) is 20.2 Å². The number of hydrogen-bond acceptors (Lipinski definition) is 1. The van der Waals surface area contributed by atoms with E-state index in [1.54, 1.807) is 6.07 Å². The lowest BCUT2D eigenvalue weighted by Gasteiger charge is -1.98. The van der Waals surface area contributed by atoms with Gasteiger partial charge in [-0.15, -0.1) is 0 Å². The maximum atomic E-state index is 9.45. The molecule has 0 atom stereocenters. The van der Waals surface area contributed by atoms with Crippen LogP contribution < -0.4 is 0 Å². The first kappa shape index (κ1) is 10.8. The molecule has 0 aliphatic carbocycles. The zero-order valence-electron chi connectivity index (χ0n) is 7.00. The van der Waals surface area contributed by atoms with Crippen LogP contribution in [0, 0.1) is 0 Å². The number of alkyl halides is 1.